The molecule has 0 aliphatic carbocycles. The second kappa shape index (κ2) is 7.70. The van der Waals surface area contributed by atoms with E-state index in [0.717, 1.165) is 24.1 Å². The third kappa shape index (κ3) is 3.96. The van der Waals surface area contributed by atoms with Crippen molar-refractivity contribution in [3.05, 3.63) is 53.6 Å². The van der Waals surface area contributed by atoms with Crippen molar-refractivity contribution in [1.29, 1.82) is 5.26 Å². The van der Waals surface area contributed by atoms with Crippen molar-refractivity contribution in [3.63, 3.8) is 0 Å². The van der Waals surface area contributed by atoms with Gasteiger partial charge in [-0.15, -0.1) is 0 Å². The predicted molar refractivity (Wildman–Crippen MR) is 101 cm³/mol. The minimum atomic E-state index is -0.876. The van der Waals surface area contributed by atoms with Gasteiger partial charge in [-0.3, -0.25) is 14.4 Å². The normalized spacial score (nSPS) is 12.5. The van der Waals surface area contributed by atoms with E-state index in [4.69, 9.17) is 5.26 Å². The molecular weight excluding hydrogens is 344 g/mol. The summed E-state index contributed by atoms with van der Waals surface area (Å²) in [6, 6.07) is 13.6. The van der Waals surface area contributed by atoms with Gasteiger partial charge in [-0.25, -0.2) is 0 Å². The molecule has 1 aliphatic heterocycles. The van der Waals surface area contributed by atoms with Crippen LogP contribution in [0.15, 0.2) is 42.5 Å². The molecule has 0 saturated heterocycles. The van der Waals surface area contributed by atoms with Crippen LogP contribution >= 0.6 is 0 Å². The Morgan fingerprint density at radius 3 is 2.56 bits per heavy atom. The highest BCUT2D eigenvalue weighted by Gasteiger charge is 2.21. The van der Waals surface area contributed by atoms with Gasteiger partial charge in [0.2, 0.25) is 5.91 Å². The Balaban J connectivity index is 1.74. The number of hydrogen-bond acceptors (Lipinski definition) is 4. The lowest BCUT2D eigenvalue weighted by atomic mass is 10.0. The molecule has 2 aromatic carbocycles. The van der Waals surface area contributed by atoms with Gasteiger partial charge in [-0.1, -0.05) is 18.2 Å². The fourth-order valence-corrected chi connectivity index (χ4v) is 3.04. The minimum absolute atomic E-state index is 0.0646. The third-order valence-corrected chi connectivity index (χ3v) is 4.34. The van der Waals surface area contributed by atoms with Crippen LogP contribution in [0.25, 0.3) is 0 Å². The van der Waals surface area contributed by atoms with Crippen LogP contribution < -0.4 is 15.5 Å². The largest absolute Gasteiger partial charge is 0.318 e. The van der Waals surface area contributed by atoms with Crippen molar-refractivity contribution in [2.24, 2.45) is 0 Å². The van der Waals surface area contributed by atoms with E-state index in [2.05, 4.69) is 10.6 Å². The summed E-state index contributed by atoms with van der Waals surface area (Å²) in [5.41, 5.74) is 2.75. The zero-order chi connectivity index (χ0) is 19.4. The van der Waals surface area contributed by atoms with Crippen molar-refractivity contribution >= 4 is 34.8 Å². The molecule has 0 radical (unpaired) electrons. The third-order valence-electron chi connectivity index (χ3n) is 4.34. The lowest BCUT2D eigenvalue weighted by Crippen LogP contribution is -2.34. The first-order valence-corrected chi connectivity index (χ1v) is 8.52. The fraction of sp³-hybridized carbons (Fsp3) is 0.200. The minimum Gasteiger partial charge on any atom is -0.318 e. The average Bonchev–Trinajstić information content (AvgIpc) is 2.67. The number of aryl methyl sites for hydroxylation is 1. The highest BCUT2D eigenvalue weighted by atomic mass is 16.2. The van der Waals surface area contributed by atoms with Gasteiger partial charge >= 0.3 is 11.8 Å². The molecule has 0 aromatic heterocycles. The monoisotopic (exact) mass is 362 g/mol. The van der Waals surface area contributed by atoms with Crippen LogP contribution in [0.4, 0.5) is 17.1 Å². The molecule has 0 bridgehead atoms. The van der Waals surface area contributed by atoms with Crippen LogP contribution in [0.1, 0.15) is 24.5 Å². The van der Waals surface area contributed by atoms with Crippen molar-refractivity contribution in [1.82, 2.24) is 0 Å². The van der Waals surface area contributed by atoms with Crippen LogP contribution in [-0.4, -0.2) is 24.3 Å². The number of benzene rings is 2. The molecule has 0 unspecified atom stereocenters. The molecule has 1 heterocycles. The number of fused-ring (bicyclic) bond motifs is 1. The Morgan fingerprint density at radius 1 is 1.07 bits per heavy atom. The SMILES string of the molecule is CC(=O)N1CCCc2ccc(NC(=O)C(=O)Nc3ccccc3C#N)cc21. The molecule has 3 rings (SSSR count). The van der Waals surface area contributed by atoms with Crippen LogP contribution in [-0.2, 0) is 20.8 Å². The molecule has 0 fully saturated rings. The number of hydrogen-bond donors (Lipinski definition) is 2. The maximum Gasteiger partial charge on any atom is 0.314 e. The fourth-order valence-electron chi connectivity index (χ4n) is 3.04. The van der Waals surface area contributed by atoms with Gasteiger partial charge in [0, 0.05) is 24.8 Å². The Labute approximate surface area is 156 Å². The molecule has 1 aliphatic rings. The van der Waals surface area contributed by atoms with Gasteiger partial charge < -0.3 is 15.5 Å². The molecule has 7 nitrogen and oxygen atoms in total. The van der Waals surface area contributed by atoms with Gasteiger partial charge in [-0.05, 0) is 42.7 Å². The topological polar surface area (TPSA) is 102 Å². The van der Waals surface area contributed by atoms with Crippen molar-refractivity contribution in [2.75, 3.05) is 22.1 Å². The number of rotatable bonds is 2. The first-order valence-electron chi connectivity index (χ1n) is 8.52. The maximum atomic E-state index is 12.2. The second-order valence-electron chi connectivity index (χ2n) is 6.18. The van der Waals surface area contributed by atoms with E-state index in [0.29, 0.717) is 12.2 Å². The number of nitriles is 1. The van der Waals surface area contributed by atoms with Gasteiger partial charge in [0.25, 0.3) is 0 Å². The number of amides is 3. The number of para-hydroxylation sites is 1. The molecule has 2 N–H and O–H groups in total. The number of anilines is 3. The molecule has 136 valence electrons. The summed E-state index contributed by atoms with van der Waals surface area (Å²) in [4.78, 5) is 37.8. The zero-order valence-corrected chi connectivity index (χ0v) is 14.8. The van der Waals surface area contributed by atoms with E-state index in [9.17, 15) is 14.4 Å². The standard InChI is InChI=1S/C20H18N4O3/c1-13(25)24-10-4-6-14-8-9-16(11-18(14)24)22-19(26)20(27)23-17-7-3-2-5-15(17)12-21/h2-3,5,7-9,11H,4,6,10H2,1H3,(H,22,26)(H,23,27). The van der Waals surface area contributed by atoms with Crippen LogP contribution in [0, 0.1) is 11.3 Å². The van der Waals surface area contributed by atoms with Crippen LogP contribution in [0.2, 0.25) is 0 Å². The first-order chi connectivity index (χ1) is 13.0. The number of carbonyl (C=O) groups excluding carboxylic acids is 3. The van der Waals surface area contributed by atoms with E-state index in [-0.39, 0.29) is 17.2 Å². The van der Waals surface area contributed by atoms with E-state index < -0.39 is 11.8 Å². The summed E-state index contributed by atoms with van der Waals surface area (Å²) < 4.78 is 0. The number of nitrogens with zero attached hydrogens (tertiary/aromatic N) is 2. The second-order valence-corrected chi connectivity index (χ2v) is 6.18. The van der Waals surface area contributed by atoms with Crippen LogP contribution in [0.5, 0.6) is 0 Å². The number of nitrogens with one attached hydrogen (secondary N) is 2. The average molecular weight is 362 g/mol. The van der Waals surface area contributed by atoms with Crippen LogP contribution in [0.3, 0.4) is 0 Å². The lowest BCUT2D eigenvalue weighted by molar-refractivity contribution is -0.133. The van der Waals surface area contributed by atoms with E-state index in [1.54, 1.807) is 41.3 Å². The Morgan fingerprint density at radius 2 is 1.81 bits per heavy atom. The number of carbonyl (C=O) groups is 3. The molecule has 2 aromatic rings. The molecule has 3 amide bonds. The highest BCUT2D eigenvalue weighted by Crippen LogP contribution is 2.30. The van der Waals surface area contributed by atoms with Gasteiger partial charge in [0.1, 0.15) is 6.07 Å². The zero-order valence-electron chi connectivity index (χ0n) is 14.8. The molecular formula is C20H18N4O3. The van der Waals surface area contributed by atoms with Crippen molar-refractivity contribution in [3.8, 4) is 6.07 Å². The summed E-state index contributed by atoms with van der Waals surface area (Å²) in [7, 11) is 0. The Bertz CT molecular complexity index is 962. The van der Waals surface area contributed by atoms with Gasteiger partial charge in [0.15, 0.2) is 0 Å². The van der Waals surface area contributed by atoms with Crippen molar-refractivity contribution < 1.29 is 14.4 Å². The first kappa shape index (κ1) is 18.1. The molecule has 27 heavy (non-hydrogen) atoms. The molecule has 0 saturated carbocycles. The Kier molecular flexibility index (Phi) is 5.18. The quantitative estimate of drug-likeness (QED) is 0.801. The predicted octanol–water partition coefficient (Wildman–Crippen LogP) is 2.43. The van der Waals surface area contributed by atoms with E-state index >= 15 is 0 Å². The Hall–Kier alpha value is -3.66. The van der Waals surface area contributed by atoms with E-state index in [1.165, 1.54) is 6.92 Å². The molecule has 0 atom stereocenters. The summed E-state index contributed by atoms with van der Waals surface area (Å²) in [6.07, 6.45) is 1.75. The highest BCUT2D eigenvalue weighted by molar-refractivity contribution is 6.43. The maximum absolute atomic E-state index is 12.2. The van der Waals surface area contributed by atoms with E-state index in [1.807, 2.05) is 12.1 Å². The van der Waals surface area contributed by atoms with Gasteiger partial charge in [-0.2, -0.15) is 5.26 Å². The molecule has 0 spiro atoms. The summed E-state index contributed by atoms with van der Waals surface area (Å²) >= 11 is 0. The molecule has 7 heteroatoms. The van der Waals surface area contributed by atoms with Gasteiger partial charge in [0.05, 0.1) is 11.3 Å². The summed E-state index contributed by atoms with van der Waals surface area (Å²) in [5, 5.41) is 14.0. The summed E-state index contributed by atoms with van der Waals surface area (Å²) in [6.45, 7) is 2.13. The summed E-state index contributed by atoms with van der Waals surface area (Å²) in [5.74, 6) is -1.79. The van der Waals surface area contributed by atoms with Crippen molar-refractivity contribution in [2.45, 2.75) is 19.8 Å². The lowest BCUT2D eigenvalue weighted by Gasteiger charge is -2.29. The smallest absolute Gasteiger partial charge is 0.314 e.